The zero-order chi connectivity index (χ0) is 20.1. The average molecular weight is 381 g/mol. The van der Waals surface area contributed by atoms with Gasteiger partial charge in [0.05, 0.1) is 12.8 Å². The lowest BCUT2D eigenvalue weighted by molar-refractivity contribution is -0.134. The lowest BCUT2D eigenvalue weighted by Gasteiger charge is -2.25. The molecule has 0 aliphatic heterocycles. The third-order valence-electron chi connectivity index (χ3n) is 4.33. The highest BCUT2D eigenvalue weighted by atomic mass is 16.5. The van der Waals surface area contributed by atoms with Crippen LogP contribution >= 0.6 is 0 Å². The SMILES string of the molecule is Cc1ccc(-c2noc(CCN(Cc3ccco3)C(=O)CC(C)(C)C)n2)cc1. The predicted molar refractivity (Wildman–Crippen MR) is 106 cm³/mol. The van der Waals surface area contributed by atoms with Crippen LogP contribution in [0.25, 0.3) is 11.4 Å². The number of hydrogen-bond donors (Lipinski definition) is 0. The summed E-state index contributed by atoms with van der Waals surface area (Å²) in [6.07, 6.45) is 2.58. The summed E-state index contributed by atoms with van der Waals surface area (Å²) < 4.78 is 10.8. The molecule has 0 saturated heterocycles. The minimum absolute atomic E-state index is 0.0818. The monoisotopic (exact) mass is 381 g/mol. The smallest absolute Gasteiger partial charge is 0.228 e. The van der Waals surface area contributed by atoms with Crippen LogP contribution in [0.2, 0.25) is 0 Å². The van der Waals surface area contributed by atoms with Crippen molar-refractivity contribution in [1.82, 2.24) is 15.0 Å². The Labute approximate surface area is 165 Å². The maximum Gasteiger partial charge on any atom is 0.228 e. The summed E-state index contributed by atoms with van der Waals surface area (Å²) in [5, 5.41) is 4.07. The first kappa shape index (κ1) is 19.9. The number of benzene rings is 1. The number of furan rings is 1. The topological polar surface area (TPSA) is 72.4 Å². The number of hydrogen-bond acceptors (Lipinski definition) is 5. The van der Waals surface area contributed by atoms with Crippen molar-refractivity contribution in [1.29, 1.82) is 0 Å². The lowest BCUT2D eigenvalue weighted by Crippen LogP contribution is -2.34. The molecule has 0 saturated carbocycles. The van der Waals surface area contributed by atoms with Gasteiger partial charge in [-0.15, -0.1) is 0 Å². The molecule has 1 amide bonds. The molecule has 6 nitrogen and oxygen atoms in total. The van der Waals surface area contributed by atoms with Crippen LogP contribution in [0.15, 0.2) is 51.6 Å². The molecule has 0 radical (unpaired) electrons. The van der Waals surface area contributed by atoms with Crippen molar-refractivity contribution in [3.05, 3.63) is 59.9 Å². The second-order valence-corrected chi connectivity index (χ2v) is 8.26. The van der Waals surface area contributed by atoms with Crippen LogP contribution < -0.4 is 0 Å². The van der Waals surface area contributed by atoms with Crippen molar-refractivity contribution in [2.45, 2.75) is 47.1 Å². The molecular formula is C22H27N3O3. The fourth-order valence-electron chi connectivity index (χ4n) is 2.85. The van der Waals surface area contributed by atoms with E-state index in [1.54, 1.807) is 11.2 Å². The fraction of sp³-hybridized carbons (Fsp3) is 0.409. The van der Waals surface area contributed by atoms with Gasteiger partial charge >= 0.3 is 0 Å². The molecule has 0 aliphatic carbocycles. The number of aromatic nitrogens is 2. The second kappa shape index (κ2) is 8.42. The van der Waals surface area contributed by atoms with E-state index in [-0.39, 0.29) is 11.3 Å². The Hall–Kier alpha value is -2.89. The van der Waals surface area contributed by atoms with Gasteiger partial charge in [0.1, 0.15) is 5.76 Å². The molecule has 0 N–H and O–H groups in total. The Kier molecular flexibility index (Phi) is 5.97. The zero-order valence-corrected chi connectivity index (χ0v) is 16.9. The van der Waals surface area contributed by atoms with Crippen LogP contribution in [0.5, 0.6) is 0 Å². The first-order valence-corrected chi connectivity index (χ1v) is 9.50. The number of nitrogens with zero attached hydrogens (tertiary/aromatic N) is 3. The van der Waals surface area contributed by atoms with Crippen LogP contribution in [0.3, 0.4) is 0 Å². The average Bonchev–Trinajstić information content (AvgIpc) is 3.29. The summed E-state index contributed by atoms with van der Waals surface area (Å²) in [5.41, 5.74) is 2.01. The third-order valence-corrected chi connectivity index (χ3v) is 4.33. The van der Waals surface area contributed by atoms with Gasteiger partial charge in [-0.1, -0.05) is 55.8 Å². The molecule has 2 aromatic heterocycles. The number of carbonyl (C=O) groups excluding carboxylic acids is 1. The molecule has 1 aromatic carbocycles. The summed E-state index contributed by atoms with van der Waals surface area (Å²) in [4.78, 5) is 19.0. The normalized spacial score (nSPS) is 11.6. The van der Waals surface area contributed by atoms with Gasteiger partial charge in [-0.25, -0.2) is 0 Å². The Morgan fingerprint density at radius 1 is 1.14 bits per heavy atom. The van der Waals surface area contributed by atoms with Crippen LogP contribution in [0, 0.1) is 12.3 Å². The molecule has 28 heavy (non-hydrogen) atoms. The van der Waals surface area contributed by atoms with E-state index in [2.05, 4.69) is 30.9 Å². The maximum atomic E-state index is 12.8. The van der Waals surface area contributed by atoms with Crippen LogP contribution in [0.1, 0.15) is 44.4 Å². The van der Waals surface area contributed by atoms with E-state index in [0.29, 0.717) is 37.6 Å². The van der Waals surface area contributed by atoms with E-state index < -0.39 is 0 Å². The van der Waals surface area contributed by atoms with Crippen molar-refractivity contribution >= 4 is 5.91 Å². The lowest BCUT2D eigenvalue weighted by atomic mass is 9.91. The van der Waals surface area contributed by atoms with E-state index in [4.69, 9.17) is 8.94 Å². The van der Waals surface area contributed by atoms with Crippen LogP contribution in [0.4, 0.5) is 0 Å². The standard InChI is InChI=1S/C22H27N3O3/c1-16-7-9-17(10-8-16)21-23-19(28-24-21)11-12-25(15-18-6-5-13-27-18)20(26)14-22(2,3)4/h5-10,13H,11-12,14-15H2,1-4H3. The number of aryl methyl sites for hydroxylation is 1. The Balaban J connectivity index is 1.67. The van der Waals surface area contributed by atoms with E-state index >= 15 is 0 Å². The van der Waals surface area contributed by atoms with E-state index in [1.807, 2.05) is 43.3 Å². The molecule has 3 aromatic rings. The minimum atomic E-state index is -0.0818. The molecule has 3 rings (SSSR count). The van der Waals surface area contributed by atoms with Gasteiger partial charge in [-0.05, 0) is 24.5 Å². The summed E-state index contributed by atoms with van der Waals surface area (Å²) in [7, 11) is 0. The third kappa shape index (κ3) is 5.55. The molecule has 0 bridgehead atoms. The van der Waals surface area contributed by atoms with Crippen LogP contribution in [-0.4, -0.2) is 27.5 Å². The van der Waals surface area contributed by atoms with Gasteiger partial charge < -0.3 is 13.8 Å². The predicted octanol–water partition coefficient (Wildman–Crippen LogP) is 4.65. The number of rotatable bonds is 7. The van der Waals surface area contributed by atoms with E-state index in [9.17, 15) is 4.79 Å². The molecule has 2 heterocycles. The maximum absolute atomic E-state index is 12.8. The molecule has 0 fully saturated rings. The first-order valence-electron chi connectivity index (χ1n) is 9.50. The second-order valence-electron chi connectivity index (χ2n) is 8.26. The largest absolute Gasteiger partial charge is 0.467 e. The highest BCUT2D eigenvalue weighted by Crippen LogP contribution is 2.21. The van der Waals surface area contributed by atoms with Crippen molar-refractivity contribution in [3.63, 3.8) is 0 Å². The highest BCUT2D eigenvalue weighted by molar-refractivity contribution is 5.76. The molecule has 0 unspecified atom stereocenters. The highest BCUT2D eigenvalue weighted by Gasteiger charge is 2.22. The van der Waals surface area contributed by atoms with Crippen molar-refractivity contribution in [2.75, 3.05) is 6.54 Å². The number of carbonyl (C=O) groups is 1. The molecule has 148 valence electrons. The first-order chi connectivity index (χ1) is 13.3. The van der Waals surface area contributed by atoms with E-state index in [0.717, 1.165) is 11.3 Å². The van der Waals surface area contributed by atoms with Gasteiger partial charge in [-0.3, -0.25) is 4.79 Å². The summed E-state index contributed by atoms with van der Waals surface area (Å²) in [5.74, 6) is 1.92. The Morgan fingerprint density at radius 2 is 1.89 bits per heavy atom. The van der Waals surface area contributed by atoms with Gasteiger partial charge in [0.2, 0.25) is 17.6 Å². The van der Waals surface area contributed by atoms with Gasteiger partial charge in [0, 0.05) is 24.9 Å². The number of amides is 1. The molecule has 0 atom stereocenters. The summed E-state index contributed by atoms with van der Waals surface area (Å²) in [6, 6.07) is 11.7. The minimum Gasteiger partial charge on any atom is -0.467 e. The van der Waals surface area contributed by atoms with Gasteiger partial charge in [0.15, 0.2) is 0 Å². The van der Waals surface area contributed by atoms with Crippen LogP contribution in [-0.2, 0) is 17.8 Å². The fourth-order valence-corrected chi connectivity index (χ4v) is 2.85. The van der Waals surface area contributed by atoms with Crippen molar-refractivity contribution < 1.29 is 13.7 Å². The summed E-state index contributed by atoms with van der Waals surface area (Å²) >= 11 is 0. The van der Waals surface area contributed by atoms with Gasteiger partial charge in [0.25, 0.3) is 0 Å². The van der Waals surface area contributed by atoms with Gasteiger partial charge in [-0.2, -0.15) is 4.98 Å². The molecule has 6 heteroatoms. The quantitative estimate of drug-likeness (QED) is 0.596. The molecule has 0 spiro atoms. The Bertz CT molecular complexity index is 890. The molecular weight excluding hydrogens is 354 g/mol. The summed E-state index contributed by atoms with van der Waals surface area (Å²) in [6.45, 7) is 9.13. The zero-order valence-electron chi connectivity index (χ0n) is 16.9. The van der Waals surface area contributed by atoms with Crippen molar-refractivity contribution in [3.8, 4) is 11.4 Å². The Morgan fingerprint density at radius 3 is 2.54 bits per heavy atom. The molecule has 0 aliphatic rings. The van der Waals surface area contributed by atoms with E-state index in [1.165, 1.54) is 5.56 Å². The van der Waals surface area contributed by atoms with Crippen molar-refractivity contribution in [2.24, 2.45) is 5.41 Å².